The molecular formula is C17H22O10. The lowest BCUT2D eigenvalue weighted by Gasteiger charge is -2.42. The van der Waals surface area contributed by atoms with Gasteiger partial charge in [-0.1, -0.05) is 6.92 Å². The minimum atomic E-state index is -1.65. The molecular weight excluding hydrogens is 364 g/mol. The number of aromatic hydroxyl groups is 2. The number of rotatable bonds is 4. The Bertz CT molecular complexity index is 705. The van der Waals surface area contributed by atoms with Crippen LogP contribution < -0.4 is 4.74 Å². The molecule has 1 aromatic carbocycles. The maximum atomic E-state index is 12.7. The normalized spacial score (nSPS) is 36.2. The van der Waals surface area contributed by atoms with Gasteiger partial charge in [-0.15, -0.1) is 0 Å². The zero-order chi connectivity index (χ0) is 19.9. The fraction of sp³-hybridized carbons (Fsp3) is 0.588. The van der Waals surface area contributed by atoms with E-state index in [1.807, 2.05) is 0 Å². The molecule has 10 heteroatoms. The number of carbonyl (C=O) groups is 1. The van der Waals surface area contributed by atoms with E-state index < -0.39 is 61.1 Å². The van der Waals surface area contributed by atoms with Gasteiger partial charge in [0, 0.05) is 12.1 Å². The number of ketones is 1. The quantitative estimate of drug-likeness (QED) is 0.372. The number of carbonyl (C=O) groups excluding carboxylic acids is 1. The first-order valence-corrected chi connectivity index (χ1v) is 8.51. The van der Waals surface area contributed by atoms with E-state index in [0.29, 0.717) is 0 Å². The minimum absolute atomic E-state index is 0.0895. The van der Waals surface area contributed by atoms with E-state index >= 15 is 0 Å². The van der Waals surface area contributed by atoms with E-state index in [2.05, 4.69) is 0 Å². The van der Waals surface area contributed by atoms with Crippen molar-refractivity contribution in [3.8, 4) is 17.2 Å². The Labute approximate surface area is 154 Å². The number of hydrogen-bond donors (Lipinski definition) is 6. The SMILES string of the molecule is CCC1C(=O)c2c(O)cc(O)cc2OC1O[C@@H]1O[C@H](CO)[C@@H](O)[C@H](O)[C@H]1O. The van der Waals surface area contributed by atoms with E-state index in [4.69, 9.17) is 14.2 Å². The van der Waals surface area contributed by atoms with E-state index in [-0.39, 0.29) is 23.5 Å². The molecule has 2 aliphatic rings. The topological polar surface area (TPSA) is 166 Å². The molecule has 0 saturated carbocycles. The van der Waals surface area contributed by atoms with Gasteiger partial charge in [0.2, 0.25) is 6.29 Å². The number of fused-ring (bicyclic) bond motifs is 1. The zero-order valence-corrected chi connectivity index (χ0v) is 14.4. The molecule has 3 rings (SSSR count). The summed E-state index contributed by atoms with van der Waals surface area (Å²) in [5, 5.41) is 58.6. The lowest BCUT2D eigenvalue weighted by molar-refractivity contribution is -0.332. The molecule has 6 N–H and O–H groups in total. The molecule has 0 amide bonds. The van der Waals surface area contributed by atoms with Gasteiger partial charge in [-0.3, -0.25) is 4.79 Å². The van der Waals surface area contributed by atoms with Crippen molar-refractivity contribution >= 4 is 5.78 Å². The molecule has 0 aliphatic carbocycles. The summed E-state index contributed by atoms with van der Waals surface area (Å²) >= 11 is 0. The number of aliphatic hydroxyl groups excluding tert-OH is 4. The molecule has 10 nitrogen and oxygen atoms in total. The van der Waals surface area contributed by atoms with Gasteiger partial charge in [0.1, 0.15) is 47.2 Å². The highest BCUT2D eigenvalue weighted by molar-refractivity contribution is 6.04. The predicted octanol–water partition coefficient (Wildman–Crippen LogP) is -1.16. The van der Waals surface area contributed by atoms with Crippen molar-refractivity contribution in [3.05, 3.63) is 17.7 Å². The van der Waals surface area contributed by atoms with E-state index in [0.717, 1.165) is 12.1 Å². The summed E-state index contributed by atoms with van der Waals surface area (Å²) in [6, 6.07) is 2.16. The van der Waals surface area contributed by atoms with Crippen LogP contribution in [0.15, 0.2) is 12.1 Å². The highest BCUT2D eigenvalue weighted by atomic mass is 16.8. The maximum Gasteiger partial charge on any atom is 0.212 e. The molecule has 0 spiro atoms. The molecule has 0 aromatic heterocycles. The summed E-state index contributed by atoms with van der Waals surface area (Å²) in [5.74, 6) is -2.19. The molecule has 1 fully saturated rings. The summed E-state index contributed by atoms with van der Waals surface area (Å²) in [6.45, 7) is 1.06. The first kappa shape index (κ1) is 19.8. The van der Waals surface area contributed by atoms with Crippen molar-refractivity contribution in [2.45, 2.75) is 50.3 Å². The molecule has 7 atom stereocenters. The lowest BCUT2D eigenvalue weighted by atomic mass is 9.90. The minimum Gasteiger partial charge on any atom is -0.508 e. The van der Waals surface area contributed by atoms with Crippen molar-refractivity contribution in [2.75, 3.05) is 6.61 Å². The molecule has 0 radical (unpaired) electrons. The number of hydrogen-bond acceptors (Lipinski definition) is 10. The molecule has 0 bridgehead atoms. The summed E-state index contributed by atoms with van der Waals surface area (Å²) in [5.41, 5.74) is -0.0895. The fourth-order valence-corrected chi connectivity index (χ4v) is 3.26. The van der Waals surface area contributed by atoms with Gasteiger partial charge in [-0.05, 0) is 6.42 Å². The van der Waals surface area contributed by atoms with Crippen LogP contribution in [0.2, 0.25) is 0 Å². The molecule has 2 heterocycles. The van der Waals surface area contributed by atoms with Crippen molar-refractivity contribution in [1.82, 2.24) is 0 Å². The lowest BCUT2D eigenvalue weighted by Crippen LogP contribution is -2.60. The van der Waals surface area contributed by atoms with Crippen LogP contribution in [0, 0.1) is 5.92 Å². The molecule has 27 heavy (non-hydrogen) atoms. The third-order valence-corrected chi connectivity index (χ3v) is 4.78. The van der Waals surface area contributed by atoms with Crippen LogP contribution in [0.4, 0.5) is 0 Å². The predicted molar refractivity (Wildman–Crippen MR) is 87.2 cm³/mol. The van der Waals surface area contributed by atoms with Crippen molar-refractivity contribution < 1.29 is 49.6 Å². The van der Waals surface area contributed by atoms with Gasteiger partial charge in [-0.2, -0.15) is 0 Å². The Morgan fingerprint density at radius 1 is 1.07 bits per heavy atom. The van der Waals surface area contributed by atoms with E-state index in [1.165, 1.54) is 0 Å². The largest absolute Gasteiger partial charge is 0.508 e. The summed E-state index contributed by atoms with van der Waals surface area (Å²) in [4.78, 5) is 12.7. The van der Waals surface area contributed by atoms with Gasteiger partial charge in [0.05, 0.1) is 12.5 Å². The van der Waals surface area contributed by atoms with Crippen LogP contribution in [0.1, 0.15) is 23.7 Å². The van der Waals surface area contributed by atoms with Crippen LogP contribution in [0.3, 0.4) is 0 Å². The van der Waals surface area contributed by atoms with Crippen LogP contribution in [0.25, 0.3) is 0 Å². The first-order valence-electron chi connectivity index (χ1n) is 8.51. The second-order valence-electron chi connectivity index (χ2n) is 6.54. The van der Waals surface area contributed by atoms with Crippen molar-refractivity contribution in [1.29, 1.82) is 0 Å². The number of phenolic OH excluding ortho intramolecular Hbond substituents is 2. The van der Waals surface area contributed by atoms with E-state index in [9.17, 15) is 35.4 Å². The average molecular weight is 386 g/mol. The molecule has 2 aliphatic heterocycles. The molecule has 1 saturated heterocycles. The maximum absolute atomic E-state index is 12.7. The molecule has 150 valence electrons. The second-order valence-corrected chi connectivity index (χ2v) is 6.54. The standard InChI is InChI=1S/C17H22O10/c1-2-7-12(21)11-8(20)3-6(19)4-9(11)25-16(7)27-17-15(24)14(23)13(22)10(5-18)26-17/h3-4,7,10,13-20,22-24H,2,5H2,1H3/t7?,10-,13-,14+,15-,16?,17+/m1/s1. The zero-order valence-electron chi connectivity index (χ0n) is 14.4. The molecule has 1 aromatic rings. The number of aliphatic hydroxyl groups is 4. The van der Waals surface area contributed by atoms with Gasteiger partial charge < -0.3 is 44.8 Å². The Balaban J connectivity index is 1.86. The van der Waals surface area contributed by atoms with Crippen molar-refractivity contribution in [3.63, 3.8) is 0 Å². The number of phenols is 2. The number of ether oxygens (including phenoxy) is 3. The third kappa shape index (κ3) is 3.47. The summed E-state index contributed by atoms with van der Waals surface area (Å²) < 4.78 is 16.4. The highest BCUT2D eigenvalue weighted by Crippen LogP contribution is 2.41. The number of benzene rings is 1. The smallest absolute Gasteiger partial charge is 0.212 e. The summed E-state index contributed by atoms with van der Waals surface area (Å²) in [6.07, 6.45) is -8.49. The van der Waals surface area contributed by atoms with Crippen molar-refractivity contribution in [2.24, 2.45) is 5.92 Å². The first-order chi connectivity index (χ1) is 12.8. The van der Waals surface area contributed by atoms with Crippen LogP contribution >= 0.6 is 0 Å². The summed E-state index contributed by atoms with van der Waals surface area (Å²) in [7, 11) is 0. The Kier molecular flexibility index (Phi) is 5.56. The average Bonchev–Trinajstić information content (AvgIpc) is 2.61. The molecule has 2 unspecified atom stereocenters. The van der Waals surface area contributed by atoms with Gasteiger partial charge >= 0.3 is 0 Å². The third-order valence-electron chi connectivity index (χ3n) is 4.78. The van der Waals surface area contributed by atoms with Crippen LogP contribution in [0.5, 0.6) is 17.2 Å². The van der Waals surface area contributed by atoms with Gasteiger partial charge in [-0.25, -0.2) is 0 Å². The fourth-order valence-electron chi connectivity index (χ4n) is 3.26. The van der Waals surface area contributed by atoms with Gasteiger partial charge in [0.25, 0.3) is 0 Å². The number of Topliss-reactive ketones (excluding diaryl/α,β-unsaturated/α-hetero) is 1. The van der Waals surface area contributed by atoms with E-state index in [1.54, 1.807) is 6.92 Å². The Morgan fingerprint density at radius 2 is 1.78 bits per heavy atom. The highest BCUT2D eigenvalue weighted by Gasteiger charge is 2.47. The van der Waals surface area contributed by atoms with Crippen LogP contribution in [-0.2, 0) is 9.47 Å². The van der Waals surface area contributed by atoms with Gasteiger partial charge in [0.15, 0.2) is 12.1 Å². The monoisotopic (exact) mass is 386 g/mol. The Morgan fingerprint density at radius 3 is 2.41 bits per heavy atom. The second kappa shape index (κ2) is 7.58. The van der Waals surface area contributed by atoms with Crippen LogP contribution in [-0.4, -0.2) is 80.0 Å². The Hall–Kier alpha value is -1.95.